The molecule has 0 spiro atoms. The van der Waals surface area contributed by atoms with Gasteiger partial charge >= 0.3 is 0 Å². The van der Waals surface area contributed by atoms with Gasteiger partial charge in [0.1, 0.15) is 5.82 Å². The summed E-state index contributed by atoms with van der Waals surface area (Å²) < 4.78 is 1.96. The summed E-state index contributed by atoms with van der Waals surface area (Å²) in [6.07, 6.45) is 8.56. The third-order valence-electron chi connectivity index (χ3n) is 2.88. The number of amides is 1. The fourth-order valence-corrected chi connectivity index (χ4v) is 2.50. The molecule has 1 saturated carbocycles. The van der Waals surface area contributed by atoms with Gasteiger partial charge < -0.3 is 5.32 Å². The molecule has 4 nitrogen and oxygen atoms in total. The summed E-state index contributed by atoms with van der Waals surface area (Å²) in [5.74, 6) is 1.38. The lowest BCUT2D eigenvalue weighted by molar-refractivity contribution is -0.113. The van der Waals surface area contributed by atoms with Crippen molar-refractivity contribution in [1.29, 1.82) is 0 Å². The van der Waals surface area contributed by atoms with Crippen LogP contribution in [0.4, 0.5) is 5.82 Å². The van der Waals surface area contributed by atoms with Crippen molar-refractivity contribution >= 4 is 23.5 Å². The van der Waals surface area contributed by atoms with Gasteiger partial charge in [0.15, 0.2) is 0 Å². The maximum absolute atomic E-state index is 11.5. The van der Waals surface area contributed by atoms with Crippen LogP contribution < -0.4 is 5.32 Å². The number of hydrogen-bond donors (Lipinski definition) is 1. The van der Waals surface area contributed by atoms with Crippen molar-refractivity contribution in [2.24, 2.45) is 0 Å². The molecule has 0 aliphatic heterocycles. The molecule has 0 atom stereocenters. The standard InChI is InChI=1S/C11H17N3OS/c1-16-8-11(15)13-10-6-7-12-14(10)9-4-2-3-5-9/h6-7,9H,2-5,8H2,1H3,(H,13,15). The molecular formula is C11H17N3OS. The van der Waals surface area contributed by atoms with Gasteiger partial charge in [-0.25, -0.2) is 4.68 Å². The molecule has 1 aromatic heterocycles. The van der Waals surface area contributed by atoms with Crippen LogP contribution in [0.15, 0.2) is 12.3 Å². The van der Waals surface area contributed by atoms with Gasteiger partial charge in [0.25, 0.3) is 0 Å². The second-order valence-electron chi connectivity index (χ2n) is 4.08. The Bertz CT molecular complexity index is 358. The van der Waals surface area contributed by atoms with Crippen molar-refractivity contribution in [2.75, 3.05) is 17.3 Å². The Labute approximate surface area is 99.8 Å². The summed E-state index contributed by atoms with van der Waals surface area (Å²) in [4.78, 5) is 11.5. The molecule has 1 aliphatic rings. The minimum Gasteiger partial charge on any atom is -0.310 e. The van der Waals surface area contributed by atoms with E-state index in [4.69, 9.17) is 0 Å². The molecule has 5 heteroatoms. The highest BCUT2D eigenvalue weighted by Gasteiger charge is 2.20. The largest absolute Gasteiger partial charge is 0.310 e. The van der Waals surface area contributed by atoms with Crippen LogP contribution in [-0.2, 0) is 4.79 Å². The fourth-order valence-electron chi connectivity index (χ4n) is 2.16. The second kappa shape index (κ2) is 5.39. The monoisotopic (exact) mass is 239 g/mol. The van der Waals surface area contributed by atoms with Crippen LogP contribution in [0, 0.1) is 0 Å². The van der Waals surface area contributed by atoms with Crippen LogP contribution in [0.5, 0.6) is 0 Å². The lowest BCUT2D eigenvalue weighted by Crippen LogP contribution is -2.18. The van der Waals surface area contributed by atoms with Gasteiger partial charge in [-0.05, 0) is 19.1 Å². The van der Waals surface area contributed by atoms with Crippen molar-refractivity contribution in [1.82, 2.24) is 9.78 Å². The van der Waals surface area contributed by atoms with E-state index in [1.807, 2.05) is 17.0 Å². The van der Waals surface area contributed by atoms with E-state index in [1.54, 1.807) is 6.20 Å². The summed E-state index contributed by atoms with van der Waals surface area (Å²) in [5.41, 5.74) is 0. The van der Waals surface area contributed by atoms with Gasteiger partial charge in [0.05, 0.1) is 18.0 Å². The average molecular weight is 239 g/mol. The molecule has 1 N–H and O–H groups in total. The Kier molecular flexibility index (Phi) is 3.88. The Morgan fingerprint density at radius 3 is 3.06 bits per heavy atom. The maximum atomic E-state index is 11.5. The zero-order chi connectivity index (χ0) is 11.4. The van der Waals surface area contributed by atoms with Crippen molar-refractivity contribution in [2.45, 2.75) is 31.7 Å². The fraction of sp³-hybridized carbons (Fsp3) is 0.636. The number of rotatable bonds is 4. The third-order valence-corrected chi connectivity index (χ3v) is 3.43. The first-order valence-corrected chi connectivity index (χ1v) is 7.03. The van der Waals surface area contributed by atoms with E-state index in [0.717, 1.165) is 5.82 Å². The molecule has 2 rings (SSSR count). The minimum absolute atomic E-state index is 0.0484. The Morgan fingerprint density at radius 1 is 1.62 bits per heavy atom. The van der Waals surface area contributed by atoms with E-state index in [1.165, 1.54) is 37.4 Å². The zero-order valence-electron chi connectivity index (χ0n) is 9.48. The first-order chi connectivity index (χ1) is 7.81. The Hall–Kier alpha value is -0.970. The molecule has 0 bridgehead atoms. The summed E-state index contributed by atoms with van der Waals surface area (Å²) >= 11 is 1.53. The van der Waals surface area contributed by atoms with E-state index in [-0.39, 0.29) is 5.91 Å². The molecule has 1 aliphatic carbocycles. The number of carbonyl (C=O) groups excluding carboxylic acids is 1. The van der Waals surface area contributed by atoms with Crippen molar-refractivity contribution in [3.05, 3.63) is 12.3 Å². The lowest BCUT2D eigenvalue weighted by atomic mass is 10.2. The lowest BCUT2D eigenvalue weighted by Gasteiger charge is -2.14. The highest BCUT2D eigenvalue weighted by Crippen LogP contribution is 2.31. The molecule has 0 radical (unpaired) electrons. The number of aromatic nitrogens is 2. The summed E-state index contributed by atoms with van der Waals surface area (Å²) in [6.45, 7) is 0. The van der Waals surface area contributed by atoms with E-state index in [2.05, 4.69) is 10.4 Å². The van der Waals surface area contributed by atoms with Gasteiger partial charge in [-0.15, -0.1) is 0 Å². The van der Waals surface area contributed by atoms with Crippen LogP contribution in [0.1, 0.15) is 31.7 Å². The number of thioether (sulfide) groups is 1. The molecule has 16 heavy (non-hydrogen) atoms. The topological polar surface area (TPSA) is 46.9 Å². The van der Waals surface area contributed by atoms with Gasteiger partial charge in [-0.3, -0.25) is 4.79 Å². The summed E-state index contributed by atoms with van der Waals surface area (Å²) in [5, 5.41) is 7.22. The molecule has 0 aromatic carbocycles. The Morgan fingerprint density at radius 2 is 2.38 bits per heavy atom. The van der Waals surface area contributed by atoms with E-state index in [9.17, 15) is 4.79 Å². The van der Waals surface area contributed by atoms with Crippen LogP contribution >= 0.6 is 11.8 Å². The predicted octanol–water partition coefficient (Wildman–Crippen LogP) is 2.30. The first kappa shape index (κ1) is 11.5. The molecule has 1 amide bonds. The average Bonchev–Trinajstić information content (AvgIpc) is 2.86. The molecule has 1 heterocycles. The van der Waals surface area contributed by atoms with Gasteiger partial charge in [0.2, 0.25) is 5.91 Å². The van der Waals surface area contributed by atoms with E-state index in [0.29, 0.717) is 11.8 Å². The Balaban J connectivity index is 2.03. The van der Waals surface area contributed by atoms with E-state index >= 15 is 0 Å². The molecule has 88 valence electrons. The molecule has 1 fully saturated rings. The van der Waals surface area contributed by atoms with Crippen LogP contribution in [0.2, 0.25) is 0 Å². The zero-order valence-corrected chi connectivity index (χ0v) is 10.3. The van der Waals surface area contributed by atoms with Gasteiger partial charge in [0, 0.05) is 6.07 Å². The number of nitrogens with zero attached hydrogens (tertiary/aromatic N) is 2. The molecule has 0 unspecified atom stereocenters. The highest BCUT2D eigenvalue weighted by atomic mass is 32.2. The molecule has 1 aromatic rings. The number of carbonyl (C=O) groups is 1. The molecular weight excluding hydrogens is 222 g/mol. The molecule has 0 saturated heterocycles. The predicted molar refractivity (Wildman–Crippen MR) is 66.7 cm³/mol. The number of hydrogen-bond acceptors (Lipinski definition) is 3. The van der Waals surface area contributed by atoms with Crippen molar-refractivity contribution < 1.29 is 4.79 Å². The van der Waals surface area contributed by atoms with Gasteiger partial charge in [-0.2, -0.15) is 16.9 Å². The highest BCUT2D eigenvalue weighted by molar-refractivity contribution is 7.99. The quantitative estimate of drug-likeness (QED) is 0.877. The van der Waals surface area contributed by atoms with Crippen LogP contribution in [0.3, 0.4) is 0 Å². The number of anilines is 1. The van der Waals surface area contributed by atoms with Crippen molar-refractivity contribution in [3.8, 4) is 0 Å². The summed E-state index contributed by atoms with van der Waals surface area (Å²) in [6, 6.07) is 2.34. The SMILES string of the molecule is CSCC(=O)Nc1ccnn1C1CCCC1. The minimum atomic E-state index is 0.0484. The van der Waals surface area contributed by atoms with Gasteiger partial charge in [-0.1, -0.05) is 12.8 Å². The van der Waals surface area contributed by atoms with Crippen molar-refractivity contribution in [3.63, 3.8) is 0 Å². The third kappa shape index (κ3) is 2.58. The first-order valence-electron chi connectivity index (χ1n) is 5.63. The number of nitrogens with one attached hydrogen (secondary N) is 1. The smallest absolute Gasteiger partial charge is 0.235 e. The van der Waals surface area contributed by atoms with Crippen LogP contribution in [0.25, 0.3) is 0 Å². The second-order valence-corrected chi connectivity index (χ2v) is 4.95. The van der Waals surface area contributed by atoms with Crippen LogP contribution in [-0.4, -0.2) is 27.7 Å². The summed E-state index contributed by atoms with van der Waals surface area (Å²) in [7, 11) is 0. The normalized spacial score (nSPS) is 16.6. The van der Waals surface area contributed by atoms with E-state index < -0.39 is 0 Å². The maximum Gasteiger partial charge on any atom is 0.235 e.